The Labute approximate surface area is 88.7 Å². The standard InChI is InChI=1S/C8H17F2NO3S/c1-7(2)3-4-15(13,14)11-5-8(9,10)6-12/h7,11-12H,3-6H2,1-2H3. The second-order valence-electron chi connectivity index (χ2n) is 3.84. The van der Waals surface area contributed by atoms with Crippen LogP contribution in [0.2, 0.25) is 0 Å². The molecule has 0 aliphatic heterocycles. The molecule has 0 saturated carbocycles. The molecule has 0 saturated heterocycles. The van der Waals surface area contributed by atoms with Crippen LogP contribution in [0.3, 0.4) is 0 Å². The van der Waals surface area contributed by atoms with Gasteiger partial charge in [-0.1, -0.05) is 13.8 Å². The first kappa shape index (κ1) is 14.7. The first-order chi connectivity index (χ1) is 6.68. The van der Waals surface area contributed by atoms with Crippen LogP contribution in [-0.4, -0.2) is 38.4 Å². The zero-order valence-electron chi connectivity index (χ0n) is 8.83. The first-order valence-corrected chi connectivity index (χ1v) is 6.30. The number of aliphatic hydroxyl groups excluding tert-OH is 1. The molecule has 0 rings (SSSR count). The quantitative estimate of drug-likeness (QED) is 0.689. The summed E-state index contributed by atoms with van der Waals surface area (Å²) in [4.78, 5) is 0. The van der Waals surface area contributed by atoms with E-state index < -0.39 is 29.1 Å². The smallest absolute Gasteiger partial charge is 0.283 e. The summed E-state index contributed by atoms with van der Waals surface area (Å²) in [7, 11) is -3.66. The Morgan fingerprint density at radius 3 is 2.33 bits per heavy atom. The summed E-state index contributed by atoms with van der Waals surface area (Å²) in [5.74, 6) is -3.38. The van der Waals surface area contributed by atoms with Crippen molar-refractivity contribution in [3.8, 4) is 0 Å². The van der Waals surface area contributed by atoms with Crippen LogP contribution >= 0.6 is 0 Å². The second kappa shape index (κ2) is 5.72. The molecule has 15 heavy (non-hydrogen) atoms. The number of hydrogen-bond acceptors (Lipinski definition) is 3. The average Bonchev–Trinajstić information content (AvgIpc) is 2.13. The molecule has 0 amide bonds. The number of sulfonamides is 1. The predicted octanol–water partition coefficient (Wildman–Crippen LogP) is 0.580. The van der Waals surface area contributed by atoms with Crippen molar-refractivity contribution in [2.75, 3.05) is 18.9 Å². The molecular weight excluding hydrogens is 228 g/mol. The highest BCUT2D eigenvalue weighted by Gasteiger charge is 2.29. The summed E-state index contributed by atoms with van der Waals surface area (Å²) in [6.45, 7) is 1.28. The topological polar surface area (TPSA) is 66.4 Å². The molecule has 92 valence electrons. The van der Waals surface area contributed by atoms with Crippen LogP contribution in [0.25, 0.3) is 0 Å². The van der Waals surface area contributed by atoms with Crippen LogP contribution < -0.4 is 4.72 Å². The lowest BCUT2D eigenvalue weighted by Gasteiger charge is -2.14. The average molecular weight is 245 g/mol. The van der Waals surface area contributed by atoms with E-state index in [4.69, 9.17) is 5.11 Å². The van der Waals surface area contributed by atoms with E-state index >= 15 is 0 Å². The number of alkyl halides is 2. The number of halogens is 2. The van der Waals surface area contributed by atoms with Gasteiger partial charge in [-0.2, -0.15) is 0 Å². The van der Waals surface area contributed by atoms with Crippen LogP contribution in [0.15, 0.2) is 0 Å². The van der Waals surface area contributed by atoms with Gasteiger partial charge in [0, 0.05) is 0 Å². The highest BCUT2D eigenvalue weighted by atomic mass is 32.2. The van der Waals surface area contributed by atoms with Gasteiger partial charge in [0.1, 0.15) is 6.61 Å². The van der Waals surface area contributed by atoms with Crippen LogP contribution in [-0.2, 0) is 10.0 Å². The van der Waals surface area contributed by atoms with Crippen molar-refractivity contribution in [3.05, 3.63) is 0 Å². The van der Waals surface area contributed by atoms with Crippen molar-refractivity contribution in [1.29, 1.82) is 0 Å². The first-order valence-electron chi connectivity index (χ1n) is 4.64. The molecule has 0 aromatic rings. The van der Waals surface area contributed by atoms with E-state index in [2.05, 4.69) is 0 Å². The van der Waals surface area contributed by atoms with Gasteiger partial charge in [0.2, 0.25) is 10.0 Å². The monoisotopic (exact) mass is 245 g/mol. The van der Waals surface area contributed by atoms with E-state index in [1.165, 1.54) is 0 Å². The maximum absolute atomic E-state index is 12.5. The lowest BCUT2D eigenvalue weighted by Crippen LogP contribution is -2.40. The fourth-order valence-electron chi connectivity index (χ4n) is 0.734. The van der Waals surface area contributed by atoms with Crippen molar-refractivity contribution >= 4 is 10.0 Å². The minimum atomic E-state index is -3.66. The Bertz CT molecular complexity index is 278. The fraction of sp³-hybridized carbons (Fsp3) is 1.00. The van der Waals surface area contributed by atoms with Crippen molar-refractivity contribution in [1.82, 2.24) is 4.72 Å². The van der Waals surface area contributed by atoms with Crippen molar-refractivity contribution in [2.45, 2.75) is 26.2 Å². The van der Waals surface area contributed by atoms with E-state index in [-0.39, 0.29) is 11.7 Å². The molecule has 0 heterocycles. The Kier molecular flexibility index (Phi) is 5.61. The van der Waals surface area contributed by atoms with Crippen LogP contribution in [0.5, 0.6) is 0 Å². The second-order valence-corrected chi connectivity index (χ2v) is 5.76. The maximum Gasteiger partial charge on any atom is 0.283 e. The molecule has 0 aromatic carbocycles. The van der Waals surface area contributed by atoms with E-state index in [9.17, 15) is 17.2 Å². The molecule has 0 aromatic heterocycles. The summed E-state index contributed by atoms with van der Waals surface area (Å²) < 4.78 is 49.1. The van der Waals surface area contributed by atoms with Gasteiger partial charge in [-0.25, -0.2) is 21.9 Å². The van der Waals surface area contributed by atoms with Crippen molar-refractivity contribution < 1.29 is 22.3 Å². The van der Waals surface area contributed by atoms with Gasteiger partial charge in [0.25, 0.3) is 5.92 Å². The van der Waals surface area contributed by atoms with Crippen LogP contribution in [0, 0.1) is 5.92 Å². The number of nitrogens with one attached hydrogen (secondary N) is 1. The number of rotatable bonds is 7. The summed E-state index contributed by atoms with van der Waals surface area (Å²) in [5.41, 5.74) is 0. The van der Waals surface area contributed by atoms with E-state index in [1.54, 1.807) is 4.72 Å². The summed E-state index contributed by atoms with van der Waals surface area (Å²) in [5, 5.41) is 8.22. The molecule has 0 fully saturated rings. The molecule has 7 heteroatoms. The Morgan fingerprint density at radius 2 is 1.93 bits per heavy atom. The van der Waals surface area contributed by atoms with Gasteiger partial charge in [-0.15, -0.1) is 0 Å². The van der Waals surface area contributed by atoms with Crippen LogP contribution in [0.1, 0.15) is 20.3 Å². The van der Waals surface area contributed by atoms with Crippen LogP contribution in [0.4, 0.5) is 8.78 Å². The summed E-state index contributed by atoms with van der Waals surface area (Å²) >= 11 is 0. The normalized spacial score (nSPS) is 13.5. The van der Waals surface area contributed by atoms with E-state index in [0.29, 0.717) is 6.42 Å². The zero-order chi connectivity index (χ0) is 12.1. The third kappa shape index (κ3) is 7.64. The van der Waals surface area contributed by atoms with Gasteiger partial charge in [-0.3, -0.25) is 0 Å². The number of hydrogen-bond donors (Lipinski definition) is 2. The molecule has 0 bridgehead atoms. The third-order valence-corrected chi connectivity index (χ3v) is 3.10. The molecule has 0 atom stereocenters. The molecular formula is C8H17F2NO3S. The Hall–Kier alpha value is -0.270. The minimum absolute atomic E-state index is 0.174. The molecule has 0 radical (unpaired) electrons. The fourth-order valence-corrected chi connectivity index (χ4v) is 2.09. The third-order valence-electron chi connectivity index (χ3n) is 1.75. The van der Waals surface area contributed by atoms with Crippen molar-refractivity contribution in [3.63, 3.8) is 0 Å². The van der Waals surface area contributed by atoms with Crippen molar-refractivity contribution in [2.24, 2.45) is 5.92 Å². The summed E-state index contributed by atoms with van der Waals surface area (Å²) in [6.07, 6.45) is 0.417. The summed E-state index contributed by atoms with van der Waals surface area (Å²) in [6, 6.07) is 0. The largest absolute Gasteiger partial charge is 0.390 e. The highest BCUT2D eigenvalue weighted by molar-refractivity contribution is 7.89. The predicted molar refractivity (Wildman–Crippen MR) is 53.3 cm³/mol. The van der Waals surface area contributed by atoms with E-state index in [0.717, 1.165) is 0 Å². The van der Waals surface area contributed by atoms with Gasteiger partial charge in [0.05, 0.1) is 12.3 Å². The van der Waals surface area contributed by atoms with Gasteiger partial charge in [-0.05, 0) is 12.3 Å². The molecule has 0 aliphatic rings. The lowest BCUT2D eigenvalue weighted by molar-refractivity contribution is -0.0437. The molecule has 4 nitrogen and oxygen atoms in total. The maximum atomic E-state index is 12.5. The van der Waals surface area contributed by atoms with Gasteiger partial charge >= 0.3 is 0 Å². The van der Waals surface area contributed by atoms with E-state index in [1.807, 2.05) is 13.8 Å². The molecule has 0 unspecified atom stereocenters. The lowest BCUT2D eigenvalue weighted by atomic mass is 10.2. The number of aliphatic hydroxyl groups is 1. The minimum Gasteiger partial charge on any atom is -0.390 e. The molecule has 0 spiro atoms. The van der Waals surface area contributed by atoms with Gasteiger partial charge in [0.15, 0.2) is 0 Å². The highest BCUT2D eigenvalue weighted by Crippen LogP contribution is 2.11. The molecule has 2 N–H and O–H groups in total. The molecule has 0 aliphatic carbocycles. The Morgan fingerprint density at radius 1 is 1.40 bits per heavy atom. The SMILES string of the molecule is CC(C)CCS(=O)(=O)NCC(F)(F)CO. The zero-order valence-corrected chi connectivity index (χ0v) is 9.65. The van der Waals surface area contributed by atoms with Gasteiger partial charge < -0.3 is 5.11 Å². The Balaban J connectivity index is 4.05.